The fraction of sp³-hybridized carbons (Fsp3) is 0.643. The molecule has 1 aromatic rings. The van der Waals surface area contributed by atoms with Crippen molar-refractivity contribution in [2.24, 2.45) is 0 Å². The minimum atomic E-state index is 0.111. The van der Waals surface area contributed by atoms with Crippen LogP contribution in [0.3, 0.4) is 0 Å². The lowest BCUT2D eigenvalue weighted by Gasteiger charge is -2.33. The minimum Gasteiger partial charge on any atom is -0.465 e. The van der Waals surface area contributed by atoms with E-state index >= 15 is 0 Å². The molecule has 2 amide bonds. The van der Waals surface area contributed by atoms with Gasteiger partial charge in [-0.15, -0.1) is 0 Å². The predicted molar refractivity (Wildman–Crippen MR) is 74.0 cm³/mol. The van der Waals surface area contributed by atoms with Crippen LogP contribution in [-0.4, -0.2) is 49.1 Å². The quantitative estimate of drug-likeness (QED) is 0.907. The Labute approximate surface area is 114 Å². The van der Waals surface area contributed by atoms with Crippen LogP contribution in [0.5, 0.6) is 0 Å². The number of aryl methyl sites for hydroxylation is 1. The molecule has 5 heteroatoms. The zero-order valence-corrected chi connectivity index (χ0v) is 12.0. The Balaban J connectivity index is 1.73. The van der Waals surface area contributed by atoms with E-state index in [1.165, 1.54) is 0 Å². The van der Waals surface area contributed by atoms with E-state index in [0.29, 0.717) is 6.04 Å². The zero-order valence-electron chi connectivity index (χ0n) is 12.0. The van der Waals surface area contributed by atoms with Gasteiger partial charge in [0.25, 0.3) is 0 Å². The van der Waals surface area contributed by atoms with Gasteiger partial charge in [-0.3, -0.25) is 0 Å². The van der Waals surface area contributed by atoms with E-state index in [2.05, 4.69) is 5.32 Å². The van der Waals surface area contributed by atoms with E-state index in [1.54, 1.807) is 19.0 Å². The lowest BCUT2D eigenvalue weighted by molar-refractivity contribution is 0.152. The van der Waals surface area contributed by atoms with E-state index in [9.17, 15) is 4.79 Å². The van der Waals surface area contributed by atoms with Crippen molar-refractivity contribution in [3.8, 4) is 0 Å². The summed E-state index contributed by atoms with van der Waals surface area (Å²) >= 11 is 0. The lowest BCUT2D eigenvalue weighted by Crippen LogP contribution is -2.47. The molecule has 1 fully saturated rings. The van der Waals surface area contributed by atoms with Crippen molar-refractivity contribution in [2.45, 2.75) is 32.4 Å². The molecule has 19 heavy (non-hydrogen) atoms. The first-order valence-corrected chi connectivity index (χ1v) is 6.81. The molecular formula is C14H23N3O2. The Hall–Kier alpha value is -1.49. The lowest BCUT2D eigenvalue weighted by atomic mass is 10.1. The Morgan fingerprint density at radius 3 is 2.63 bits per heavy atom. The van der Waals surface area contributed by atoms with Crippen molar-refractivity contribution in [1.82, 2.24) is 15.1 Å². The third-order valence-electron chi connectivity index (χ3n) is 3.51. The third-order valence-corrected chi connectivity index (χ3v) is 3.51. The second-order valence-corrected chi connectivity index (χ2v) is 5.33. The summed E-state index contributed by atoms with van der Waals surface area (Å²) < 4.78 is 5.53. The molecule has 1 saturated heterocycles. The maximum Gasteiger partial charge on any atom is 0.319 e. The smallest absolute Gasteiger partial charge is 0.319 e. The van der Waals surface area contributed by atoms with Gasteiger partial charge in [0.2, 0.25) is 0 Å². The van der Waals surface area contributed by atoms with Crippen LogP contribution in [0.4, 0.5) is 4.79 Å². The molecule has 2 rings (SSSR count). The Morgan fingerprint density at radius 1 is 1.42 bits per heavy atom. The van der Waals surface area contributed by atoms with Gasteiger partial charge < -0.3 is 19.5 Å². The summed E-state index contributed by atoms with van der Waals surface area (Å²) in [5, 5.41) is 3.49. The molecular weight excluding hydrogens is 242 g/mol. The number of likely N-dealkylation sites (tertiary alicyclic amines) is 1. The second-order valence-electron chi connectivity index (χ2n) is 5.33. The summed E-state index contributed by atoms with van der Waals surface area (Å²) in [4.78, 5) is 15.4. The van der Waals surface area contributed by atoms with Gasteiger partial charge in [0.1, 0.15) is 11.5 Å². The van der Waals surface area contributed by atoms with Crippen molar-refractivity contribution in [1.29, 1.82) is 0 Å². The molecule has 0 bridgehead atoms. The molecule has 0 saturated carbocycles. The molecule has 5 nitrogen and oxygen atoms in total. The van der Waals surface area contributed by atoms with Gasteiger partial charge in [0, 0.05) is 33.2 Å². The van der Waals surface area contributed by atoms with E-state index in [1.807, 2.05) is 24.0 Å². The van der Waals surface area contributed by atoms with Crippen LogP contribution >= 0.6 is 0 Å². The Kier molecular flexibility index (Phi) is 4.47. The highest BCUT2D eigenvalue weighted by atomic mass is 16.3. The van der Waals surface area contributed by atoms with Crippen LogP contribution in [0.2, 0.25) is 0 Å². The minimum absolute atomic E-state index is 0.111. The number of hydrogen-bond donors (Lipinski definition) is 1. The van der Waals surface area contributed by atoms with Gasteiger partial charge in [0.05, 0.1) is 6.54 Å². The molecule has 0 radical (unpaired) electrons. The molecule has 1 aliphatic heterocycles. The number of nitrogens with zero attached hydrogens (tertiary/aromatic N) is 2. The summed E-state index contributed by atoms with van der Waals surface area (Å²) in [7, 11) is 3.60. The SMILES string of the molecule is Cc1ccc(CNC2CCN(C(=O)N(C)C)CC2)o1. The highest BCUT2D eigenvalue weighted by Gasteiger charge is 2.23. The number of nitrogens with one attached hydrogen (secondary N) is 1. The number of hydrogen-bond acceptors (Lipinski definition) is 3. The summed E-state index contributed by atoms with van der Waals surface area (Å²) in [6.45, 7) is 4.37. The van der Waals surface area contributed by atoms with Crippen LogP contribution in [0, 0.1) is 6.92 Å². The summed E-state index contributed by atoms with van der Waals surface area (Å²) in [5.74, 6) is 1.92. The van der Waals surface area contributed by atoms with Crippen molar-refractivity contribution in [2.75, 3.05) is 27.2 Å². The number of piperidine rings is 1. The Bertz CT molecular complexity index is 420. The largest absolute Gasteiger partial charge is 0.465 e. The van der Waals surface area contributed by atoms with Crippen LogP contribution in [0.15, 0.2) is 16.5 Å². The van der Waals surface area contributed by atoms with Gasteiger partial charge >= 0.3 is 6.03 Å². The van der Waals surface area contributed by atoms with Gasteiger partial charge in [-0.25, -0.2) is 4.79 Å². The molecule has 1 N–H and O–H groups in total. The maximum atomic E-state index is 11.8. The first-order chi connectivity index (χ1) is 9.06. The number of urea groups is 1. The average molecular weight is 265 g/mol. The normalized spacial score (nSPS) is 16.7. The molecule has 0 spiro atoms. The number of amides is 2. The maximum absolute atomic E-state index is 11.8. The summed E-state index contributed by atoms with van der Waals surface area (Å²) in [6.07, 6.45) is 2.00. The van der Waals surface area contributed by atoms with Crippen LogP contribution in [0.25, 0.3) is 0 Å². The summed E-state index contributed by atoms with van der Waals surface area (Å²) in [5.41, 5.74) is 0. The van der Waals surface area contributed by atoms with E-state index in [0.717, 1.165) is 44.0 Å². The van der Waals surface area contributed by atoms with E-state index < -0.39 is 0 Å². The molecule has 1 aromatic heterocycles. The van der Waals surface area contributed by atoms with Crippen molar-refractivity contribution < 1.29 is 9.21 Å². The number of furan rings is 1. The molecule has 2 heterocycles. The number of carbonyl (C=O) groups is 1. The topological polar surface area (TPSA) is 48.7 Å². The number of rotatable bonds is 3. The van der Waals surface area contributed by atoms with Gasteiger partial charge in [-0.05, 0) is 31.9 Å². The first kappa shape index (κ1) is 13.9. The van der Waals surface area contributed by atoms with Crippen molar-refractivity contribution >= 4 is 6.03 Å². The predicted octanol–water partition coefficient (Wildman–Crippen LogP) is 1.82. The average Bonchev–Trinajstić information content (AvgIpc) is 2.82. The Morgan fingerprint density at radius 2 is 2.11 bits per heavy atom. The highest BCUT2D eigenvalue weighted by molar-refractivity contribution is 5.73. The van der Waals surface area contributed by atoms with Crippen LogP contribution in [-0.2, 0) is 6.54 Å². The van der Waals surface area contributed by atoms with Gasteiger partial charge in [-0.1, -0.05) is 0 Å². The molecule has 0 atom stereocenters. The monoisotopic (exact) mass is 265 g/mol. The zero-order chi connectivity index (χ0) is 13.8. The van der Waals surface area contributed by atoms with Gasteiger partial charge in [0.15, 0.2) is 0 Å². The van der Waals surface area contributed by atoms with Crippen LogP contribution in [0.1, 0.15) is 24.4 Å². The van der Waals surface area contributed by atoms with E-state index in [-0.39, 0.29) is 6.03 Å². The molecule has 0 aliphatic carbocycles. The molecule has 1 aliphatic rings. The fourth-order valence-corrected chi connectivity index (χ4v) is 2.38. The second kappa shape index (κ2) is 6.10. The van der Waals surface area contributed by atoms with Crippen LogP contribution < -0.4 is 5.32 Å². The van der Waals surface area contributed by atoms with E-state index in [4.69, 9.17) is 4.42 Å². The molecule has 106 valence electrons. The standard InChI is InChI=1S/C14H23N3O2/c1-11-4-5-13(19-11)10-15-12-6-8-17(9-7-12)14(18)16(2)3/h4-5,12,15H,6-10H2,1-3H3. The van der Waals surface area contributed by atoms with Crippen molar-refractivity contribution in [3.05, 3.63) is 23.7 Å². The molecule has 0 unspecified atom stereocenters. The highest BCUT2D eigenvalue weighted by Crippen LogP contribution is 2.13. The van der Waals surface area contributed by atoms with Gasteiger partial charge in [-0.2, -0.15) is 0 Å². The fourth-order valence-electron chi connectivity index (χ4n) is 2.38. The molecule has 0 aromatic carbocycles. The first-order valence-electron chi connectivity index (χ1n) is 6.81. The number of carbonyl (C=O) groups excluding carboxylic acids is 1. The summed E-state index contributed by atoms with van der Waals surface area (Å²) in [6, 6.07) is 4.57. The third kappa shape index (κ3) is 3.73. The van der Waals surface area contributed by atoms with Crippen molar-refractivity contribution in [3.63, 3.8) is 0 Å².